The van der Waals surface area contributed by atoms with Gasteiger partial charge >= 0.3 is 0 Å². The first kappa shape index (κ1) is 31.6. The Bertz CT molecular complexity index is 2510. The summed E-state index contributed by atoms with van der Waals surface area (Å²) < 4.78 is 16.9. The molecule has 0 bridgehead atoms. The van der Waals surface area contributed by atoms with Crippen LogP contribution in [0.2, 0.25) is 0 Å². The highest BCUT2D eigenvalue weighted by Gasteiger charge is 2.47. The van der Waals surface area contributed by atoms with E-state index in [0.717, 1.165) is 30.3 Å². The Labute approximate surface area is 269 Å². The maximum Gasteiger partial charge on any atom is 0.208 e. The molecule has 254 valence electrons. The molecular formula is C32H24O17. The summed E-state index contributed by atoms with van der Waals surface area (Å²) in [5, 5.41) is 125. The molecule has 1 aliphatic heterocycles. The molecule has 0 amide bonds. The second kappa shape index (κ2) is 10.8. The predicted octanol–water partition coefficient (Wildman–Crippen LogP) is 1.03. The van der Waals surface area contributed by atoms with Crippen LogP contribution in [0.15, 0.2) is 48.8 Å². The van der Waals surface area contributed by atoms with Crippen LogP contribution in [0.5, 0.6) is 46.0 Å². The smallest absolute Gasteiger partial charge is 0.208 e. The van der Waals surface area contributed by atoms with E-state index in [9.17, 15) is 70.9 Å². The van der Waals surface area contributed by atoms with Gasteiger partial charge in [0.15, 0.2) is 28.4 Å². The van der Waals surface area contributed by atoms with Gasteiger partial charge in [-0.05, 0) is 12.1 Å². The van der Waals surface area contributed by atoms with E-state index >= 15 is 0 Å². The third-order valence-corrected chi connectivity index (χ3v) is 8.61. The van der Waals surface area contributed by atoms with Crippen molar-refractivity contribution in [3.05, 3.63) is 56.3 Å². The Morgan fingerprint density at radius 1 is 0.592 bits per heavy atom. The minimum absolute atomic E-state index is 0.388. The summed E-state index contributed by atoms with van der Waals surface area (Å²) in [7, 11) is 0. The van der Waals surface area contributed by atoms with Crippen LogP contribution in [0, 0.1) is 0 Å². The molecule has 7 rings (SSSR count). The fraction of sp³-hybridized carbons (Fsp3) is 0.188. The van der Waals surface area contributed by atoms with E-state index in [0.29, 0.717) is 0 Å². The van der Waals surface area contributed by atoms with Crippen LogP contribution in [0.25, 0.3) is 55.0 Å². The lowest BCUT2D eigenvalue weighted by atomic mass is 9.86. The Morgan fingerprint density at radius 3 is 1.94 bits per heavy atom. The second-order valence-electron chi connectivity index (χ2n) is 11.5. The van der Waals surface area contributed by atoms with Gasteiger partial charge in [-0.2, -0.15) is 0 Å². The number of fused-ring (bicyclic) bond motifs is 4. The van der Waals surface area contributed by atoms with Crippen LogP contribution in [0.3, 0.4) is 0 Å². The van der Waals surface area contributed by atoms with Crippen LogP contribution >= 0.6 is 0 Å². The van der Waals surface area contributed by atoms with Crippen LogP contribution < -0.4 is 10.9 Å². The first-order valence-corrected chi connectivity index (χ1v) is 14.2. The predicted molar refractivity (Wildman–Crippen MR) is 165 cm³/mol. The van der Waals surface area contributed by atoms with Gasteiger partial charge in [-0.15, -0.1) is 0 Å². The summed E-state index contributed by atoms with van der Waals surface area (Å²) in [6.45, 7) is -0.924. The topological polar surface area (TPSA) is 312 Å². The molecule has 0 radical (unpaired) electrons. The Balaban J connectivity index is 1.66. The number of hydrogen-bond donors (Lipinski definition) is 12. The molecule has 4 aromatic carbocycles. The van der Waals surface area contributed by atoms with E-state index in [1.165, 1.54) is 0 Å². The number of aromatic hydroxyl groups is 8. The lowest BCUT2D eigenvalue weighted by Crippen LogP contribution is -2.55. The molecule has 5 atom stereocenters. The van der Waals surface area contributed by atoms with Crippen molar-refractivity contribution in [2.45, 2.75) is 30.5 Å². The van der Waals surface area contributed by atoms with Crippen molar-refractivity contribution < 1.29 is 74.8 Å². The number of ether oxygens (including phenoxy) is 1. The van der Waals surface area contributed by atoms with Crippen molar-refractivity contribution in [2.24, 2.45) is 0 Å². The zero-order valence-corrected chi connectivity index (χ0v) is 24.4. The fourth-order valence-corrected chi connectivity index (χ4v) is 6.23. The molecule has 49 heavy (non-hydrogen) atoms. The number of phenols is 8. The normalized spacial score (nSPS) is 21.3. The molecule has 6 aromatic rings. The number of hydrogen-bond acceptors (Lipinski definition) is 17. The van der Waals surface area contributed by atoms with E-state index in [1.54, 1.807) is 0 Å². The maximum absolute atomic E-state index is 13.9. The van der Waals surface area contributed by atoms with Crippen molar-refractivity contribution in [3.8, 4) is 57.1 Å². The molecule has 3 heterocycles. The SMILES string of the molecule is O=c1c2cc(O)c(O)cc2oc2c(-c3cc(O)c4oc5cc(O)cc(O)c5c(=O)c4c3O)c(O)c([C@@H]3O[C@H](CO)[C@@H](O)[C@H](O)[C@H]3O)c(O)c12. The standard InChI is InChI=1S/C32H24O17/c33-6-16-24(41)28(45)29(46)32(49-16)21-25(42)17(31-20(27(21)44)22(39)8-3-10(35)11(36)5-14(8)47-31)9-4-13(38)30-19(23(9)40)26(43)18-12(37)1-7(34)2-15(18)48-30/h1-5,16,24,28-29,32-38,40-42,44-46H,6H2/t16-,24-,28+,29-,32+/m1/s1. The van der Waals surface area contributed by atoms with E-state index in [2.05, 4.69) is 0 Å². The van der Waals surface area contributed by atoms with Crippen molar-refractivity contribution in [1.29, 1.82) is 0 Å². The summed E-state index contributed by atoms with van der Waals surface area (Å²) in [6, 6.07) is 4.15. The van der Waals surface area contributed by atoms with Gasteiger partial charge in [0.05, 0.1) is 23.1 Å². The molecule has 1 fully saturated rings. The van der Waals surface area contributed by atoms with Crippen LogP contribution in [-0.4, -0.2) is 92.3 Å². The highest BCUT2D eigenvalue weighted by Crippen LogP contribution is 2.53. The lowest BCUT2D eigenvalue weighted by molar-refractivity contribution is -0.232. The minimum atomic E-state index is -2.13. The summed E-state index contributed by atoms with van der Waals surface area (Å²) in [4.78, 5) is 27.5. The van der Waals surface area contributed by atoms with E-state index < -0.39 is 149 Å². The molecule has 17 nitrogen and oxygen atoms in total. The molecule has 0 aliphatic carbocycles. The first-order chi connectivity index (χ1) is 23.2. The quantitative estimate of drug-likeness (QED) is 0.0705. The number of phenolic OH excluding ortho intramolecular Hbond substituents is 8. The highest BCUT2D eigenvalue weighted by molar-refractivity contribution is 6.09. The molecule has 17 heteroatoms. The summed E-state index contributed by atoms with van der Waals surface area (Å²) in [5.41, 5.74) is -6.70. The van der Waals surface area contributed by atoms with Crippen molar-refractivity contribution in [2.75, 3.05) is 6.61 Å². The number of benzene rings is 4. The van der Waals surface area contributed by atoms with Gasteiger partial charge in [-0.25, -0.2) is 0 Å². The molecule has 0 saturated carbocycles. The van der Waals surface area contributed by atoms with Gasteiger partial charge in [0, 0.05) is 23.8 Å². The molecule has 0 spiro atoms. The van der Waals surface area contributed by atoms with Gasteiger partial charge < -0.3 is 74.8 Å². The van der Waals surface area contributed by atoms with Crippen LogP contribution in [0.4, 0.5) is 0 Å². The number of aliphatic hydroxyl groups is 4. The van der Waals surface area contributed by atoms with Crippen LogP contribution in [0.1, 0.15) is 11.7 Å². The minimum Gasteiger partial charge on any atom is -0.508 e. The van der Waals surface area contributed by atoms with Gasteiger partial charge in [-0.3, -0.25) is 9.59 Å². The molecule has 12 N–H and O–H groups in total. The van der Waals surface area contributed by atoms with Gasteiger partial charge in [0.25, 0.3) is 0 Å². The van der Waals surface area contributed by atoms with Crippen molar-refractivity contribution >= 4 is 43.9 Å². The second-order valence-corrected chi connectivity index (χ2v) is 11.5. The fourth-order valence-electron chi connectivity index (χ4n) is 6.23. The van der Waals surface area contributed by atoms with Crippen molar-refractivity contribution in [3.63, 3.8) is 0 Å². The molecule has 2 aromatic heterocycles. The van der Waals surface area contributed by atoms with Gasteiger partial charge in [0.1, 0.15) is 86.6 Å². The van der Waals surface area contributed by atoms with Gasteiger partial charge in [0.2, 0.25) is 10.9 Å². The van der Waals surface area contributed by atoms with Crippen LogP contribution in [-0.2, 0) is 4.74 Å². The Kier molecular flexibility index (Phi) is 6.95. The molecule has 1 saturated heterocycles. The number of aliphatic hydroxyl groups excluding tert-OH is 4. The highest BCUT2D eigenvalue weighted by atomic mass is 16.5. The summed E-state index contributed by atoms with van der Waals surface area (Å²) in [6.07, 6.45) is -9.62. The Morgan fingerprint density at radius 2 is 1.24 bits per heavy atom. The summed E-state index contributed by atoms with van der Waals surface area (Å²) in [5.74, 6) is -6.95. The lowest BCUT2D eigenvalue weighted by Gasteiger charge is -2.40. The van der Waals surface area contributed by atoms with Crippen molar-refractivity contribution in [1.82, 2.24) is 0 Å². The van der Waals surface area contributed by atoms with E-state index in [1.807, 2.05) is 0 Å². The number of rotatable bonds is 3. The molecule has 1 aliphatic rings. The third kappa shape index (κ3) is 4.38. The molecule has 0 unspecified atom stereocenters. The monoisotopic (exact) mass is 680 g/mol. The van der Waals surface area contributed by atoms with E-state index in [-0.39, 0.29) is 5.58 Å². The zero-order valence-electron chi connectivity index (χ0n) is 24.4. The van der Waals surface area contributed by atoms with Gasteiger partial charge in [-0.1, -0.05) is 0 Å². The molecular weight excluding hydrogens is 656 g/mol. The first-order valence-electron chi connectivity index (χ1n) is 14.2. The van der Waals surface area contributed by atoms with E-state index in [4.69, 9.17) is 13.6 Å². The third-order valence-electron chi connectivity index (χ3n) is 8.61. The zero-order chi connectivity index (χ0) is 35.4. The largest absolute Gasteiger partial charge is 0.508 e. The average molecular weight is 681 g/mol. The summed E-state index contributed by atoms with van der Waals surface area (Å²) >= 11 is 0. The average Bonchev–Trinajstić information content (AvgIpc) is 3.03. The Hall–Kier alpha value is -5.98. The maximum atomic E-state index is 13.9.